The van der Waals surface area contributed by atoms with Crippen LogP contribution in [0.3, 0.4) is 0 Å². The van der Waals surface area contributed by atoms with Crippen LogP contribution in [0.2, 0.25) is 0 Å². The highest BCUT2D eigenvalue weighted by Crippen LogP contribution is 2.34. The second-order valence-corrected chi connectivity index (χ2v) is 7.30. The summed E-state index contributed by atoms with van der Waals surface area (Å²) >= 11 is 1.77. The number of carbonyl (C=O) groups is 2. The Kier molecular flexibility index (Phi) is 6.72. The maximum Gasteiger partial charge on any atom is 0.227 e. The zero-order chi connectivity index (χ0) is 17.5. The number of rotatable bonds is 6. The number of amides is 2. The first-order valence-electron chi connectivity index (χ1n) is 8.83. The van der Waals surface area contributed by atoms with Gasteiger partial charge >= 0.3 is 0 Å². The van der Waals surface area contributed by atoms with E-state index in [-0.39, 0.29) is 24.7 Å². The van der Waals surface area contributed by atoms with Crippen molar-refractivity contribution in [2.24, 2.45) is 0 Å². The molecule has 2 heterocycles. The lowest BCUT2D eigenvalue weighted by molar-refractivity contribution is -0.125. The molecule has 3 rings (SSSR count). The zero-order valence-electron chi connectivity index (χ0n) is 14.4. The molecule has 6 nitrogen and oxygen atoms in total. The Labute approximate surface area is 152 Å². The zero-order valence-corrected chi connectivity index (χ0v) is 15.2. The van der Waals surface area contributed by atoms with Gasteiger partial charge in [0.25, 0.3) is 0 Å². The summed E-state index contributed by atoms with van der Waals surface area (Å²) in [6, 6.07) is 7.95. The first-order valence-corrected chi connectivity index (χ1v) is 9.81. The molecule has 0 aromatic heterocycles. The summed E-state index contributed by atoms with van der Waals surface area (Å²) in [5, 5.41) is 2.91. The Morgan fingerprint density at radius 2 is 1.92 bits per heavy atom. The van der Waals surface area contributed by atoms with Crippen LogP contribution in [0.5, 0.6) is 0 Å². The van der Waals surface area contributed by atoms with Gasteiger partial charge in [0.15, 0.2) is 0 Å². The van der Waals surface area contributed by atoms with Gasteiger partial charge in [-0.05, 0) is 12.1 Å². The number of morpholine rings is 1. The third kappa shape index (κ3) is 5.20. The smallest absolute Gasteiger partial charge is 0.227 e. The number of ether oxygens (including phenoxy) is 1. The number of fused-ring (bicyclic) bond motifs is 1. The van der Waals surface area contributed by atoms with Gasteiger partial charge in [0.1, 0.15) is 0 Å². The predicted molar refractivity (Wildman–Crippen MR) is 99.0 cm³/mol. The van der Waals surface area contributed by atoms with Crippen molar-refractivity contribution in [3.63, 3.8) is 0 Å². The van der Waals surface area contributed by atoms with Gasteiger partial charge in [0.05, 0.1) is 18.9 Å². The number of hydrogen-bond donors (Lipinski definition) is 1. The van der Waals surface area contributed by atoms with Crippen LogP contribution in [0.4, 0.5) is 5.69 Å². The maximum atomic E-state index is 12.5. The second kappa shape index (κ2) is 9.22. The van der Waals surface area contributed by atoms with E-state index in [9.17, 15) is 9.59 Å². The summed E-state index contributed by atoms with van der Waals surface area (Å²) in [6.07, 6.45) is 0.496. The Morgan fingerprint density at radius 1 is 1.12 bits per heavy atom. The summed E-state index contributed by atoms with van der Waals surface area (Å²) in [6.45, 7) is 5.52. The Hall–Kier alpha value is -1.57. The van der Waals surface area contributed by atoms with Gasteiger partial charge in [-0.2, -0.15) is 0 Å². The molecule has 7 heteroatoms. The minimum Gasteiger partial charge on any atom is -0.379 e. The molecule has 2 amide bonds. The third-order valence-corrected chi connectivity index (χ3v) is 5.49. The predicted octanol–water partition coefficient (Wildman–Crippen LogP) is 1.35. The fraction of sp³-hybridized carbons (Fsp3) is 0.556. The molecule has 2 aliphatic heterocycles. The molecule has 0 bridgehead atoms. The minimum atomic E-state index is -0.0544. The van der Waals surface area contributed by atoms with Crippen molar-refractivity contribution in [2.45, 2.75) is 17.7 Å². The molecule has 25 heavy (non-hydrogen) atoms. The summed E-state index contributed by atoms with van der Waals surface area (Å²) in [5.41, 5.74) is 0.969. The first-order chi connectivity index (χ1) is 12.2. The number of hydrogen-bond acceptors (Lipinski definition) is 5. The Morgan fingerprint density at radius 3 is 2.76 bits per heavy atom. The first kappa shape index (κ1) is 18.2. The number of anilines is 1. The normalized spacial score (nSPS) is 17.8. The molecular formula is C18H25N3O3S. The van der Waals surface area contributed by atoms with Crippen molar-refractivity contribution >= 4 is 29.3 Å². The van der Waals surface area contributed by atoms with Gasteiger partial charge < -0.3 is 15.0 Å². The Balaban J connectivity index is 1.39. The monoisotopic (exact) mass is 363 g/mol. The number of benzene rings is 1. The molecule has 1 aromatic carbocycles. The highest BCUT2D eigenvalue weighted by atomic mass is 32.2. The molecule has 0 spiro atoms. The number of nitrogens with zero attached hydrogens (tertiary/aromatic N) is 2. The van der Waals surface area contributed by atoms with E-state index in [4.69, 9.17) is 4.74 Å². The van der Waals surface area contributed by atoms with Crippen LogP contribution in [0.25, 0.3) is 0 Å². The lowest BCUT2D eigenvalue weighted by Gasteiger charge is -2.29. The average molecular weight is 363 g/mol. The number of para-hydroxylation sites is 1. The van der Waals surface area contributed by atoms with Gasteiger partial charge in [0.2, 0.25) is 11.8 Å². The molecule has 0 saturated carbocycles. The van der Waals surface area contributed by atoms with Crippen molar-refractivity contribution in [3.8, 4) is 0 Å². The van der Waals surface area contributed by atoms with Crippen molar-refractivity contribution in [2.75, 3.05) is 56.6 Å². The maximum absolute atomic E-state index is 12.5. The van der Waals surface area contributed by atoms with Crippen LogP contribution >= 0.6 is 11.8 Å². The second-order valence-electron chi connectivity index (χ2n) is 6.17. The van der Waals surface area contributed by atoms with Crippen LogP contribution in [0, 0.1) is 0 Å². The van der Waals surface area contributed by atoms with E-state index in [1.807, 2.05) is 29.2 Å². The molecular weight excluding hydrogens is 338 g/mol. The SMILES string of the molecule is O=C(CCC(=O)N1CCSc2ccccc21)NCCN1CCOCC1. The molecule has 1 N–H and O–H groups in total. The standard InChI is InChI=1S/C18H25N3O3S/c22-17(19-7-8-20-9-12-24-13-10-20)5-6-18(23)21-11-14-25-16-4-2-1-3-15(16)21/h1-4H,5-14H2,(H,19,22). The van der Waals surface area contributed by atoms with E-state index in [1.165, 1.54) is 0 Å². The molecule has 0 atom stereocenters. The molecule has 0 aliphatic carbocycles. The summed E-state index contributed by atoms with van der Waals surface area (Å²) in [5.74, 6) is 0.867. The summed E-state index contributed by atoms with van der Waals surface area (Å²) in [4.78, 5) is 29.7. The topological polar surface area (TPSA) is 61.9 Å². The van der Waals surface area contributed by atoms with E-state index in [0.717, 1.165) is 49.2 Å². The van der Waals surface area contributed by atoms with Crippen LogP contribution in [-0.4, -0.2) is 68.4 Å². The van der Waals surface area contributed by atoms with Gasteiger partial charge in [-0.1, -0.05) is 12.1 Å². The fourth-order valence-electron chi connectivity index (χ4n) is 3.05. The van der Waals surface area contributed by atoms with E-state index in [1.54, 1.807) is 11.8 Å². The fourth-order valence-corrected chi connectivity index (χ4v) is 4.05. The van der Waals surface area contributed by atoms with E-state index in [2.05, 4.69) is 10.2 Å². The van der Waals surface area contributed by atoms with Crippen molar-refractivity contribution in [3.05, 3.63) is 24.3 Å². The average Bonchev–Trinajstić information content (AvgIpc) is 2.66. The van der Waals surface area contributed by atoms with Crippen LogP contribution < -0.4 is 10.2 Å². The van der Waals surface area contributed by atoms with E-state index >= 15 is 0 Å². The van der Waals surface area contributed by atoms with E-state index < -0.39 is 0 Å². The molecule has 0 unspecified atom stereocenters. The summed E-state index contributed by atoms with van der Waals surface area (Å²) in [7, 11) is 0. The van der Waals surface area contributed by atoms with Crippen LogP contribution in [-0.2, 0) is 14.3 Å². The van der Waals surface area contributed by atoms with Crippen molar-refractivity contribution in [1.29, 1.82) is 0 Å². The lowest BCUT2D eigenvalue weighted by atomic mass is 10.2. The minimum absolute atomic E-state index is 0.0241. The molecule has 1 fully saturated rings. The molecule has 136 valence electrons. The van der Waals surface area contributed by atoms with Crippen LogP contribution in [0.15, 0.2) is 29.2 Å². The molecule has 1 saturated heterocycles. The van der Waals surface area contributed by atoms with Crippen molar-refractivity contribution in [1.82, 2.24) is 10.2 Å². The quantitative estimate of drug-likeness (QED) is 0.827. The number of nitrogens with one attached hydrogen (secondary N) is 1. The molecule has 0 radical (unpaired) electrons. The highest BCUT2D eigenvalue weighted by molar-refractivity contribution is 7.99. The molecule has 1 aromatic rings. The summed E-state index contributed by atoms with van der Waals surface area (Å²) < 4.78 is 5.30. The van der Waals surface area contributed by atoms with E-state index in [0.29, 0.717) is 13.1 Å². The van der Waals surface area contributed by atoms with Crippen molar-refractivity contribution < 1.29 is 14.3 Å². The lowest BCUT2D eigenvalue weighted by Crippen LogP contribution is -2.41. The highest BCUT2D eigenvalue weighted by Gasteiger charge is 2.22. The van der Waals surface area contributed by atoms with Gasteiger partial charge in [0, 0.05) is 56.2 Å². The van der Waals surface area contributed by atoms with Gasteiger partial charge in [-0.3, -0.25) is 14.5 Å². The Bertz CT molecular complexity index is 605. The van der Waals surface area contributed by atoms with Crippen LogP contribution in [0.1, 0.15) is 12.8 Å². The molecule has 2 aliphatic rings. The third-order valence-electron chi connectivity index (χ3n) is 4.45. The van der Waals surface area contributed by atoms with Gasteiger partial charge in [-0.15, -0.1) is 11.8 Å². The number of carbonyl (C=O) groups excluding carboxylic acids is 2. The number of thioether (sulfide) groups is 1. The van der Waals surface area contributed by atoms with Gasteiger partial charge in [-0.25, -0.2) is 0 Å². The largest absolute Gasteiger partial charge is 0.379 e.